The highest BCUT2D eigenvalue weighted by Crippen LogP contribution is 2.25. The number of amides is 2. The van der Waals surface area contributed by atoms with Crippen LogP contribution in [-0.4, -0.2) is 57.1 Å². The molecular formula is C27H39N3O5S. The Balaban J connectivity index is 2.22. The molecule has 0 radical (unpaired) electrons. The molecule has 0 unspecified atom stereocenters. The number of hydrogen-bond acceptors (Lipinski definition) is 5. The zero-order chi connectivity index (χ0) is 27.0. The smallest absolute Gasteiger partial charge is 0.242 e. The molecule has 2 aromatic carbocycles. The number of hydrogen-bond donors (Lipinski definition) is 1. The monoisotopic (exact) mass is 517 g/mol. The minimum Gasteiger partial charge on any atom is -0.497 e. The second-order valence-electron chi connectivity index (χ2n) is 9.44. The molecule has 2 amide bonds. The molecule has 0 heterocycles. The van der Waals surface area contributed by atoms with Gasteiger partial charge < -0.3 is 15.0 Å². The largest absolute Gasteiger partial charge is 0.497 e. The highest BCUT2D eigenvalue weighted by atomic mass is 32.2. The first-order valence-corrected chi connectivity index (χ1v) is 14.0. The van der Waals surface area contributed by atoms with Crippen LogP contribution < -0.4 is 14.4 Å². The molecular weight excluding hydrogens is 478 g/mol. The molecule has 0 saturated carbocycles. The molecule has 198 valence electrons. The van der Waals surface area contributed by atoms with Gasteiger partial charge in [-0.25, -0.2) is 8.42 Å². The van der Waals surface area contributed by atoms with E-state index in [1.807, 2.05) is 70.2 Å². The highest BCUT2D eigenvalue weighted by molar-refractivity contribution is 7.92. The summed E-state index contributed by atoms with van der Waals surface area (Å²) in [6, 6.07) is 12.3. The van der Waals surface area contributed by atoms with Gasteiger partial charge in [0.2, 0.25) is 21.8 Å². The SMILES string of the molecule is COc1cccc(CN(C(=O)CCCN(c2cc(C)ccc2C)S(C)(=O)=O)[C@H](C)C(=O)NC(C)C)c1. The molecule has 0 aliphatic rings. The summed E-state index contributed by atoms with van der Waals surface area (Å²) in [6.45, 7) is 9.60. The second kappa shape index (κ2) is 12.8. The fourth-order valence-corrected chi connectivity index (χ4v) is 4.94. The molecule has 8 nitrogen and oxygen atoms in total. The lowest BCUT2D eigenvalue weighted by Crippen LogP contribution is -2.49. The van der Waals surface area contributed by atoms with Crippen molar-refractivity contribution in [1.29, 1.82) is 0 Å². The Morgan fingerprint density at radius 3 is 2.36 bits per heavy atom. The highest BCUT2D eigenvalue weighted by Gasteiger charge is 2.27. The van der Waals surface area contributed by atoms with Gasteiger partial charge >= 0.3 is 0 Å². The summed E-state index contributed by atoms with van der Waals surface area (Å²) in [5.41, 5.74) is 3.24. The van der Waals surface area contributed by atoms with Crippen molar-refractivity contribution >= 4 is 27.5 Å². The molecule has 0 saturated heterocycles. The fraction of sp³-hybridized carbons (Fsp3) is 0.481. The minimum atomic E-state index is -3.54. The van der Waals surface area contributed by atoms with Crippen molar-refractivity contribution in [1.82, 2.24) is 10.2 Å². The summed E-state index contributed by atoms with van der Waals surface area (Å²) in [4.78, 5) is 27.7. The van der Waals surface area contributed by atoms with Crippen LogP contribution in [0.25, 0.3) is 0 Å². The Morgan fingerprint density at radius 2 is 1.75 bits per heavy atom. The van der Waals surface area contributed by atoms with E-state index < -0.39 is 16.1 Å². The maximum atomic E-state index is 13.4. The molecule has 2 rings (SSSR count). The number of carbonyl (C=O) groups excluding carboxylic acids is 2. The number of rotatable bonds is 12. The van der Waals surface area contributed by atoms with Gasteiger partial charge in [0.1, 0.15) is 11.8 Å². The number of anilines is 1. The van der Waals surface area contributed by atoms with Crippen molar-refractivity contribution in [3.63, 3.8) is 0 Å². The van der Waals surface area contributed by atoms with Gasteiger partial charge in [0.15, 0.2) is 0 Å². The number of sulfonamides is 1. The first kappa shape index (κ1) is 29.2. The summed E-state index contributed by atoms with van der Waals surface area (Å²) in [5, 5.41) is 2.87. The van der Waals surface area contributed by atoms with Crippen LogP contribution in [0.5, 0.6) is 5.75 Å². The number of ether oxygens (including phenoxy) is 1. The van der Waals surface area contributed by atoms with Crippen molar-refractivity contribution < 1.29 is 22.7 Å². The average molecular weight is 518 g/mol. The van der Waals surface area contributed by atoms with Gasteiger partial charge in [-0.2, -0.15) is 0 Å². The van der Waals surface area contributed by atoms with Gasteiger partial charge in [0.05, 0.1) is 19.1 Å². The normalized spacial score (nSPS) is 12.2. The molecule has 9 heteroatoms. The molecule has 0 fully saturated rings. The van der Waals surface area contributed by atoms with E-state index in [1.165, 1.54) is 15.5 Å². The van der Waals surface area contributed by atoms with Gasteiger partial charge in [-0.1, -0.05) is 24.3 Å². The van der Waals surface area contributed by atoms with Gasteiger partial charge in [0, 0.05) is 25.6 Å². The van der Waals surface area contributed by atoms with Crippen LogP contribution in [0.1, 0.15) is 50.3 Å². The van der Waals surface area contributed by atoms with E-state index in [4.69, 9.17) is 4.74 Å². The van der Waals surface area contributed by atoms with E-state index in [9.17, 15) is 18.0 Å². The fourth-order valence-electron chi connectivity index (χ4n) is 3.93. The van der Waals surface area contributed by atoms with Crippen molar-refractivity contribution in [2.75, 3.05) is 24.2 Å². The summed E-state index contributed by atoms with van der Waals surface area (Å²) in [7, 11) is -1.97. The molecule has 0 spiro atoms. The van der Waals surface area contributed by atoms with Crippen molar-refractivity contribution in [2.45, 2.75) is 66.1 Å². The molecule has 1 atom stereocenters. The van der Waals surface area contributed by atoms with Crippen LogP contribution in [0.2, 0.25) is 0 Å². The summed E-state index contributed by atoms with van der Waals surface area (Å²) < 4.78 is 31.8. The third-order valence-electron chi connectivity index (χ3n) is 5.87. The van der Waals surface area contributed by atoms with Crippen LogP contribution in [0.3, 0.4) is 0 Å². The van der Waals surface area contributed by atoms with E-state index in [1.54, 1.807) is 14.0 Å². The van der Waals surface area contributed by atoms with E-state index in [-0.39, 0.29) is 37.4 Å². The molecule has 1 N–H and O–H groups in total. The third kappa shape index (κ3) is 8.26. The third-order valence-corrected chi connectivity index (χ3v) is 7.05. The number of methoxy groups -OCH3 is 1. The average Bonchev–Trinajstić information content (AvgIpc) is 2.80. The van der Waals surface area contributed by atoms with Gasteiger partial charge in [-0.15, -0.1) is 0 Å². The number of nitrogens with one attached hydrogen (secondary N) is 1. The standard InChI is InChI=1S/C27H39N3O5S/c1-19(2)28-27(32)22(5)29(18-23-10-8-11-24(17-23)35-6)26(31)12-9-15-30(36(7,33)34)25-16-20(3)13-14-21(25)4/h8,10-11,13-14,16-17,19,22H,9,12,15,18H2,1-7H3,(H,28,32)/t22-/m1/s1. The molecule has 0 aliphatic heterocycles. The van der Waals surface area contributed by atoms with E-state index >= 15 is 0 Å². The maximum absolute atomic E-state index is 13.4. The second-order valence-corrected chi connectivity index (χ2v) is 11.3. The van der Waals surface area contributed by atoms with Crippen LogP contribution in [0.15, 0.2) is 42.5 Å². The van der Waals surface area contributed by atoms with Gasteiger partial charge in [-0.3, -0.25) is 13.9 Å². The molecule has 0 aliphatic carbocycles. The predicted octanol–water partition coefficient (Wildman–Crippen LogP) is 3.80. The van der Waals surface area contributed by atoms with Crippen LogP contribution in [0.4, 0.5) is 5.69 Å². The van der Waals surface area contributed by atoms with Gasteiger partial charge in [-0.05, 0) is 75.9 Å². The van der Waals surface area contributed by atoms with E-state index in [0.29, 0.717) is 17.9 Å². The Hall–Kier alpha value is -3.07. The Morgan fingerprint density at radius 1 is 1.06 bits per heavy atom. The summed E-state index contributed by atoms with van der Waals surface area (Å²) in [5.74, 6) is 0.199. The summed E-state index contributed by atoms with van der Waals surface area (Å²) in [6.07, 6.45) is 1.58. The van der Waals surface area contributed by atoms with Crippen molar-refractivity contribution in [3.05, 3.63) is 59.2 Å². The van der Waals surface area contributed by atoms with Crippen LogP contribution in [-0.2, 0) is 26.2 Å². The van der Waals surface area contributed by atoms with Gasteiger partial charge in [0.25, 0.3) is 0 Å². The minimum absolute atomic E-state index is 0.0605. The lowest BCUT2D eigenvalue weighted by Gasteiger charge is -2.30. The first-order valence-electron chi connectivity index (χ1n) is 12.1. The topological polar surface area (TPSA) is 96.0 Å². The maximum Gasteiger partial charge on any atom is 0.242 e. The van der Waals surface area contributed by atoms with Crippen LogP contribution in [0, 0.1) is 13.8 Å². The zero-order valence-corrected chi connectivity index (χ0v) is 23.2. The number of carbonyl (C=O) groups is 2. The number of nitrogens with zero attached hydrogens (tertiary/aromatic N) is 2. The lowest BCUT2D eigenvalue weighted by atomic mass is 10.1. The lowest BCUT2D eigenvalue weighted by molar-refractivity contribution is -0.140. The van der Waals surface area contributed by atoms with E-state index in [0.717, 1.165) is 16.7 Å². The Bertz CT molecular complexity index is 1160. The zero-order valence-electron chi connectivity index (χ0n) is 22.4. The predicted molar refractivity (Wildman–Crippen MR) is 144 cm³/mol. The van der Waals surface area contributed by atoms with Crippen molar-refractivity contribution in [2.24, 2.45) is 0 Å². The number of aryl methyl sites for hydroxylation is 2. The van der Waals surface area contributed by atoms with E-state index in [2.05, 4.69) is 5.32 Å². The quantitative estimate of drug-likeness (QED) is 0.462. The molecule has 36 heavy (non-hydrogen) atoms. The summed E-state index contributed by atoms with van der Waals surface area (Å²) >= 11 is 0. The molecule has 2 aromatic rings. The Kier molecular flexibility index (Phi) is 10.3. The van der Waals surface area contributed by atoms with Crippen LogP contribution >= 0.6 is 0 Å². The molecule has 0 bridgehead atoms. The van der Waals surface area contributed by atoms with Crippen molar-refractivity contribution in [3.8, 4) is 5.75 Å². The first-order chi connectivity index (χ1) is 16.8. The number of benzene rings is 2. The molecule has 0 aromatic heterocycles. The Labute approximate surface area is 215 Å².